The molecule has 0 aliphatic rings. The molecule has 0 bridgehead atoms. The van der Waals surface area contributed by atoms with Crippen LogP contribution in [0.2, 0.25) is 0 Å². The van der Waals surface area contributed by atoms with Crippen molar-refractivity contribution in [1.82, 2.24) is 47.9 Å². The molecule has 18 heteroatoms. The van der Waals surface area contributed by atoms with Crippen LogP contribution in [-0.2, 0) is 62.4 Å². The Bertz CT molecular complexity index is 2210. The van der Waals surface area contributed by atoms with E-state index in [0.29, 0.717) is 173 Å². The highest BCUT2D eigenvalue weighted by Gasteiger charge is 2.61. The van der Waals surface area contributed by atoms with Gasteiger partial charge in [0.1, 0.15) is 0 Å². The fourth-order valence-electron chi connectivity index (χ4n) is 16.0. The molecular formula is C84H153N9O9. The molecule has 0 fully saturated rings. The quantitative estimate of drug-likeness (QED) is 0.0281. The Morgan fingerprint density at radius 2 is 0.255 bits per heavy atom. The molecule has 0 spiro atoms. The molecule has 1 aromatic carbocycles. The van der Waals surface area contributed by atoms with Crippen LogP contribution in [0.15, 0.2) is 18.2 Å². The van der Waals surface area contributed by atoms with E-state index < -0.39 is 139 Å². The third-order valence-electron chi connectivity index (χ3n) is 27.7. The summed E-state index contributed by atoms with van der Waals surface area (Å²) in [4.78, 5) is 150. The molecule has 9 N–H and O–H groups in total. The van der Waals surface area contributed by atoms with Crippen molar-refractivity contribution >= 4 is 53.2 Å². The number of carbonyl (C=O) groups is 9. The zero-order chi connectivity index (χ0) is 78.6. The lowest BCUT2D eigenvalue weighted by atomic mass is 9.71. The summed E-state index contributed by atoms with van der Waals surface area (Å²) < 4.78 is 0. The highest BCUT2D eigenvalue weighted by molar-refractivity contribution is 6.25. The van der Waals surface area contributed by atoms with Crippen molar-refractivity contribution in [3.8, 4) is 0 Å². The van der Waals surface area contributed by atoms with Crippen LogP contribution < -0.4 is 47.9 Å². The van der Waals surface area contributed by atoms with Gasteiger partial charge in [-0.05, 0) is 190 Å². The predicted molar refractivity (Wildman–Crippen MR) is 421 cm³/mol. The summed E-state index contributed by atoms with van der Waals surface area (Å²) >= 11 is 0. The molecular weight excluding hydrogens is 1280 g/mol. The van der Waals surface area contributed by atoms with Crippen LogP contribution in [0, 0.1) is 16.2 Å². The molecule has 18 nitrogen and oxygen atoms in total. The smallest absolute Gasteiger partial charge is 0.246 e. The monoisotopic (exact) mass is 1430 g/mol. The molecule has 9 amide bonds. The SMILES string of the molecule is CCC(CC)(CC)NC(=O)C(Cc1cc(CC(C(=O)NC(CC)(CC)CC)(C(=O)NC(CC)(CC)CC)C(=O)NC(CC)(CC)CC)cc(CC(C(=O)NC(CC)(CC)CC)(C(=O)NC(CC)(CC)CC)C(=O)NC(CC)(CC)CC)c1)(C(=O)NC(CC)(CC)CC)C(=O)NC(CC)(CC)CC. The lowest BCUT2D eigenvalue weighted by molar-refractivity contribution is -0.157. The minimum absolute atomic E-state index is 0.161. The van der Waals surface area contributed by atoms with Crippen molar-refractivity contribution in [2.75, 3.05) is 0 Å². The lowest BCUT2D eigenvalue weighted by Crippen LogP contribution is -2.68. The summed E-state index contributed by atoms with van der Waals surface area (Å²) in [6.07, 6.45) is 10.4. The first-order chi connectivity index (χ1) is 48.0. The molecule has 0 aliphatic heterocycles. The minimum Gasteiger partial charge on any atom is -0.349 e. The topological polar surface area (TPSA) is 262 Å². The molecule has 0 atom stereocenters. The van der Waals surface area contributed by atoms with Crippen LogP contribution in [0.25, 0.3) is 0 Å². The first-order valence-electron chi connectivity index (χ1n) is 41.1. The van der Waals surface area contributed by atoms with Gasteiger partial charge in [-0.3, -0.25) is 43.2 Å². The van der Waals surface area contributed by atoms with E-state index in [1.165, 1.54) is 0 Å². The molecule has 0 saturated heterocycles. The molecule has 102 heavy (non-hydrogen) atoms. The number of rotatable bonds is 51. The van der Waals surface area contributed by atoms with E-state index in [-0.39, 0.29) is 16.7 Å². The summed E-state index contributed by atoms with van der Waals surface area (Å²) in [6.45, 7) is 53.0. The van der Waals surface area contributed by atoms with Gasteiger partial charge in [0.25, 0.3) is 0 Å². The molecule has 588 valence electrons. The van der Waals surface area contributed by atoms with Crippen molar-refractivity contribution in [3.05, 3.63) is 34.9 Å². The van der Waals surface area contributed by atoms with Gasteiger partial charge < -0.3 is 47.9 Å². The first kappa shape index (κ1) is 94.5. The van der Waals surface area contributed by atoms with Crippen LogP contribution in [0.4, 0.5) is 0 Å². The van der Waals surface area contributed by atoms with Gasteiger partial charge in [-0.15, -0.1) is 0 Å². The second kappa shape index (κ2) is 40.8. The molecule has 0 aliphatic carbocycles. The fourth-order valence-corrected chi connectivity index (χ4v) is 16.0. The number of amides is 9. The van der Waals surface area contributed by atoms with Gasteiger partial charge in [-0.2, -0.15) is 0 Å². The zero-order valence-electron chi connectivity index (χ0n) is 70.1. The van der Waals surface area contributed by atoms with Gasteiger partial charge in [0, 0.05) is 69.1 Å². The molecule has 0 unspecified atom stereocenters. The Morgan fingerprint density at radius 1 is 0.176 bits per heavy atom. The van der Waals surface area contributed by atoms with Crippen molar-refractivity contribution in [3.63, 3.8) is 0 Å². The molecule has 0 heterocycles. The Balaban J connectivity index is 6.04. The second-order valence-electron chi connectivity index (χ2n) is 30.6. The maximum atomic E-state index is 16.7. The normalized spacial score (nSPS) is 13.2. The van der Waals surface area contributed by atoms with Crippen LogP contribution in [0.5, 0.6) is 0 Å². The van der Waals surface area contributed by atoms with E-state index >= 15 is 43.2 Å². The van der Waals surface area contributed by atoms with Crippen molar-refractivity contribution in [2.24, 2.45) is 16.2 Å². The second-order valence-corrected chi connectivity index (χ2v) is 30.6. The van der Waals surface area contributed by atoms with Crippen LogP contribution >= 0.6 is 0 Å². The number of nitrogens with one attached hydrogen (secondary N) is 9. The van der Waals surface area contributed by atoms with E-state index in [1.807, 2.05) is 187 Å². The van der Waals surface area contributed by atoms with Crippen molar-refractivity contribution < 1.29 is 43.2 Å². The van der Waals surface area contributed by atoms with E-state index in [1.54, 1.807) is 18.2 Å². The van der Waals surface area contributed by atoms with E-state index in [9.17, 15) is 0 Å². The van der Waals surface area contributed by atoms with E-state index in [0.717, 1.165) is 0 Å². The number of hydrogen-bond donors (Lipinski definition) is 9. The Kier molecular flexibility index (Phi) is 37.8. The average Bonchev–Trinajstić information content (AvgIpc) is 0.753. The minimum atomic E-state index is -2.63. The van der Waals surface area contributed by atoms with Crippen LogP contribution in [0.3, 0.4) is 0 Å². The summed E-state index contributed by atoms with van der Waals surface area (Å²) in [5.74, 6) is -7.59. The molecule has 1 aromatic rings. The lowest BCUT2D eigenvalue weighted by Gasteiger charge is -2.43. The highest BCUT2D eigenvalue weighted by Crippen LogP contribution is 2.40. The van der Waals surface area contributed by atoms with Gasteiger partial charge in [0.15, 0.2) is 0 Å². The summed E-state index contributed by atoms with van der Waals surface area (Å²) in [7, 11) is 0. The Labute approximate surface area is 621 Å². The fraction of sp³-hybridized carbons (Fsp3) is 0.821. The first-order valence-corrected chi connectivity index (χ1v) is 41.1. The molecule has 1 rings (SSSR count). The number of carbonyl (C=O) groups excluding carboxylic acids is 9. The van der Waals surface area contributed by atoms with Gasteiger partial charge in [0.2, 0.25) is 69.4 Å². The third-order valence-corrected chi connectivity index (χ3v) is 27.7. The van der Waals surface area contributed by atoms with Crippen LogP contribution in [0.1, 0.15) is 377 Å². The Hall–Kier alpha value is -5.55. The van der Waals surface area contributed by atoms with Gasteiger partial charge in [-0.1, -0.05) is 205 Å². The largest absolute Gasteiger partial charge is 0.349 e. The number of hydrogen-bond acceptors (Lipinski definition) is 9. The zero-order valence-corrected chi connectivity index (χ0v) is 70.1. The predicted octanol–water partition coefficient (Wildman–Crippen LogP) is 16.0. The van der Waals surface area contributed by atoms with Crippen LogP contribution in [-0.4, -0.2) is 103 Å². The van der Waals surface area contributed by atoms with Crippen molar-refractivity contribution in [2.45, 2.75) is 429 Å². The number of benzene rings is 1. The van der Waals surface area contributed by atoms with E-state index in [4.69, 9.17) is 0 Å². The maximum Gasteiger partial charge on any atom is 0.246 e. The Morgan fingerprint density at radius 3 is 0.324 bits per heavy atom. The summed E-state index contributed by atoms with van der Waals surface area (Å²) in [5, 5.41) is 30.0. The third kappa shape index (κ3) is 20.3. The average molecular weight is 1430 g/mol. The highest BCUT2D eigenvalue weighted by atomic mass is 16.2. The maximum absolute atomic E-state index is 16.7. The van der Waals surface area contributed by atoms with Crippen molar-refractivity contribution in [1.29, 1.82) is 0 Å². The molecule has 0 aromatic heterocycles. The summed E-state index contributed by atoms with van der Waals surface area (Å²) in [6, 6.07) is 4.99. The van der Waals surface area contributed by atoms with Gasteiger partial charge in [-0.25, -0.2) is 0 Å². The molecule has 0 radical (unpaired) electrons. The standard InChI is InChI=1S/C84H153N9O9/c1-28-73(29-2,30-3)85-64(94)82(65(95)86-74(31-4,32-5)33-6,66(96)87-75(34-7,35-8)36-9)58-61-55-62(59-83(67(97)88-76(37-10,38-11)39-12,68(98)89-77(40-13,41-14)42-15)69(99)90-78(43-16,44-17)45-18)57-63(56-61)60-84(70(100)91-79(46-19,47-20)48-21,71(101)92-80(49-22,50-23)51-24)72(102)93-81(52-25,53-26)54-27/h55-57H,28-54,58-60H2,1-27H3,(H,85,94)(H,86,95)(H,87,96)(H,88,97)(H,89,98)(H,90,99)(H,91,100)(H,92,101)(H,93,102). The van der Waals surface area contributed by atoms with Gasteiger partial charge in [0.05, 0.1) is 0 Å². The summed E-state index contributed by atoms with van der Waals surface area (Å²) in [5.41, 5.74) is -15.4. The molecule has 0 saturated carbocycles. The van der Waals surface area contributed by atoms with E-state index in [2.05, 4.69) is 47.9 Å². The van der Waals surface area contributed by atoms with Gasteiger partial charge >= 0.3 is 0 Å².